The Morgan fingerprint density at radius 2 is 2.10 bits per heavy atom. The van der Waals surface area contributed by atoms with Gasteiger partial charge < -0.3 is 10.6 Å². The predicted molar refractivity (Wildman–Crippen MR) is 82.0 cm³/mol. The van der Waals surface area contributed by atoms with E-state index in [2.05, 4.69) is 19.0 Å². The summed E-state index contributed by atoms with van der Waals surface area (Å²) in [6, 6.07) is 6.96. The molecule has 1 saturated heterocycles. The van der Waals surface area contributed by atoms with Gasteiger partial charge in [-0.15, -0.1) is 0 Å². The van der Waals surface area contributed by atoms with Gasteiger partial charge in [0.2, 0.25) is 5.13 Å². The number of nitrogens with two attached hydrogens (primary N) is 1. The van der Waals surface area contributed by atoms with E-state index in [9.17, 15) is 8.42 Å². The van der Waals surface area contributed by atoms with E-state index in [4.69, 9.17) is 5.73 Å². The summed E-state index contributed by atoms with van der Waals surface area (Å²) in [5.41, 5.74) is 6.86. The molecule has 1 unspecified atom stereocenters. The zero-order valence-electron chi connectivity index (χ0n) is 11.1. The van der Waals surface area contributed by atoms with Gasteiger partial charge in [-0.25, -0.2) is 13.4 Å². The van der Waals surface area contributed by atoms with E-state index < -0.39 is 10.0 Å². The summed E-state index contributed by atoms with van der Waals surface area (Å²) in [6.07, 6.45) is 2.26. The molecule has 2 aromatic rings. The van der Waals surface area contributed by atoms with Crippen LogP contribution in [-0.4, -0.2) is 36.9 Å². The molecule has 0 spiro atoms. The topological polar surface area (TPSA) is 101 Å². The fraction of sp³-hybridized carbons (Fsp3) is 0.333. The van der Waals surface area contributed by atoms with Gasteiger partial charge in [-0.2, -0.15) is 4.37 Å². The van der Waals surface area contributed by atoms with Gasteiger partial charge in [-0.3, -0.25) is 4.72 Å². The number of nitrogens with zero attached hydrogens (tertiary/aromatic N) is 3. The second kappa shape index (κ2) is 5.58. The summed E-state index contributed by atoms with van der Waals surface area (Å²) in [6.45, 7) is 1.70. The third kappa shape index (κ3) is 3.14. The molecule has 2 heterocycles. The smallest absolute Gasteiger partial charge is 0.263 e. The molecule has 9 heteroatoms. The number of hydrogen-bond acceptors (Lipinski definition) is 7. The van der Waals surface area contributed by atoms with Crippen molar-refractivity contribution in [1.82, 2.24) is 9.36 Å². The lowest BCUT2D eigenvalue weighted by Gasteiger charge is -2.18. The molecule has 0 aliphatic carbocycles. The van der Waals surface area contributed by atoms with E-state index in [0.29, 0.717) is 0 Å². The first-order valence-electron chi connectivity index (χ1n) is 6.45. The number of nitrogens with one attached hydrogen (secondary N) is 1. The number of anilines is 2. The van der Waals surface area contributed by atoms with Crippen LogP contribution in [0.2, 0.25) is 0 Å². The van der Waals surface area contributed by atoms with Crippen LogP contribution in [0.15, 0.2) is 35.5 Å². The lowest BCUT2D eigenvalue weighted by molar-refractivity contribution is 0.601. The van der Waals surface area contributed by atoms with Crippen LogP contribution >= 0.6 is 11.5 Å². The molecule has 1 aliphatic rings. The van der Waals surface area contributed by atoms with Crippen molar-refractivity contribution in [2.45, 2.75) is 17.4 Å². The van der Waals surface area contributed by atoms with Gasteiger partial charge >= 0.3 is 0 Å². The summed E-state index contributed by atoms with van der Waals surface area (Å²) < 4.78 is 30.5. The molecule has 0 amide bonds. The lowest BCUT2D eigenvalue weighted by Crippen LogP contribution is -2.26. The molecule has 1 fully saturated rings. The molecule has 3 rings (SSSR count). The molecule has 7 nitrogen and oxygen atoms in total. The maximum Gasteiger partial charge on any atom is 0.263 e. The summed E-state index contributed by atoms with van der Waals surface area (Å²) >= 11 is 0.995. The summed E-state index contributed by atoms with van der Waals surface area (Å²) in [5.74, 6) is 0. The minimum atomic E-state index is -3.62. The number of hydrogen-bond donors (Lipinski definition) is 2. The van der Waals surface area contributed by atoms with Gasteiger partial charge in [-0.1, -0.05) is 0 Å². The van der Waals surface area contributed by atoms with Crippen LogP contribution in [0.25, 0.3) is 0 Å². The average Bonchev–Trinajstić information content (AvgIpc) is 3.10. The maximum absolute atomic E-state index is 12.2. The Morgan fingerprint density at radius 3 is 2.67 bits per heavy atom. The standard InChI is InChI=1S/C12H15N5O2S2/c13-9-5-6-17(7-9)10-1-3-11(4-2-10)21(18,19)16-12-14-8-15-20-12/h1-4,8-9H,5-7,13H2,(H,14,15,16). The molecule has 1 aromatic carbocycles. The number of rotatable bonds is 4. The highest BCUT2D eigenvalue weighted by molar-refractivity contribution is 7.93. The Morgan fingerprint density at radius 1 is 1.33 bits per heavy atom. The summed E-state index contributed by atoms with van der Waals surface area (Å²) in [7, 11) is -3.62. The van der Waals surface area contributed by atoms with E-state index in [1.165, 1.54) is 6.33 Å². The average molecular weight is 325 g/mol. The molecular weight excluding hydrogens is 310 g/mol. The molecule has 1 aromatic heterocycles. The minimum absolute atomic E-state index is 0.187. The highest BCUT2D eigenvalue weighted by Crippen LogP contribution is 2.23. The Kier molecular flexibility index (Phi) is 3.79. The first-order chi connectivity index (χ1) is 10.0. The van der Waals surface area contributed by atoms with Crippen molar-refractivity contribution in [1.29, 1.82) is 0 Å². The van der Waals surface area contributed by atoms with E-state index in [-0.39, 0.29) is 16.1 Å². The first-order valence-corrected chi connectivity index (χ1v) is 8.70. The number of sulfonamides is 1. The van der Waals surface area contributed by atoms with Crippen molar-refractivity contribution in [2.24, 2.45) is 5.73 Å². The third-order valence-corrected chi connectivity index (χ3v) is 5.38. The zero-order valence-corrected chi connectivity index (χ0v) is 12.8. The van der Waals surface area contributed by atoms with E-state index in [1.54, 1.807) is 24.3 Å². The molecule has 112 valence electrons. The van der Waals surface area contributed by atoms with Crippen LogP contribution < -0.4 is 15.4 Å². The highest BCUT2D eigenvalue weighted by atomic mass is 32.2. The minimum Gasteiger partial charge on any atom is -0.370 e. The summed E-state index contributed by atoms with van der Waals surface area (Å²) in [5, 5.41) is 0.254. The van der Waals surface area contributed by atoms with Gasteiger partial charge in [0.05, 0.1) is 4.90 Å². The third-order valence-electron chi connectivity index (χ3n) is 3.32. The first kappa shape index (κ1) is 14.2. The van der Waals surface area contributed by atoms with E-state index >= 15 is 0 Å². The quantitative estimate of drug-likeness (QED) is 0.865. The van der Waals surface area contributed by atoms with Gasteiger partial charge in [0, 0.05) is 36.4 Å². The van der Waals surface area contributed by atoms with Crippen molar-refractivity contribution in [2.75, 3.05) is 22.7 Å². The van der Waals surface area contributed by atoms with Crippen LogP contribution in [0.3, 0.4) is 0 Å². The van der Waals surface area contributed by atoms with Gasteiger partial charge in [0.15, 0.2) is 0 Å². The fourth-order valence-electron chi connectivity index (χ4n) is 2.25. The van der Waals surface area contributed by atoms with Crippen molar-refractivity contribution >= 4 is 32.4 Å². The van der Waals surface area contributed by atoms with E-state index in [1.807, 2.05) is 0 Å². The van der Waals surface area contributed by atoms with Crippen molar-refractivity contribution in [3.05, 3.63) is 30.6 Å². The maximum atomic E-state index is 12.2. The Balaban J connectivity index is 1.77. The number of benzene rings is 1. The SMILES string of the molecule is NC1CCN(c2ccc(S(=O)(=O)Nc3ncns3)cc2)C1. The van der Waals surface area contributed by atoms with Gasteiger partial charge in [-0.05, 0) is 30.7 Å². The fourth-order valence-corrected chi connectivity index (χ4v) is 3.91. The largest absolute Gasteiger partial charge is 0.370 e. The molecule has 0 saturated carbocycles. The van der Waals surface area contributed by atoms with Crippen LogP contribution in [0, 0.1) is 0 Å². The normalized spacial score (nSPS) is 18.9. The molecule has 1 aliphatic heterocycles. The van der Waals surface area contributed by atoms with Crippen LogP contribution in [0.4, 0.5) is 10.8 Å². The van der Waals surface area contributed by atoms with Gasteiger partial charge in [0.1, 0.15) is 6.33 Å². The second-order valence-corrected chi connectivity index (χ2v) is 7.30. The van der Waals surface area contributed by atoms with Gasteiger partial charge in [0.25, 0.3) is 10.0 Å². The molecule has 0 bridgehead atoms. The Bertz CT molecular complexity index is 700. The highest BCUT2D eigenvalue weighted by Gasteiger charge is 2.20. The molecule has 21 heavy (non-hydrogen) atoms. The van der Waals surface area contributed by atoms with Crippen molar-refractivity contribution < 1.29 is 8.42 Å². The van der Waals surface area contributed by atoms with Crippen molar-refractivity contribution in [3.8, 4) is 0 Å². The summed E-state index contributed by atoms with van der Waals surface area (Å²) in [4.78, 5) is 6.16. The van der Waals surface area contributed by atoms with Crippen LogP contribution in [0.1, 0.15) is 6.42 Å². The molecule has 3 N–H and O–H groups in total. The predicted octanol–water partition coefficient (Wildman–Crippen LogP) is 0.876. The zero-order chi connectivity index (χ0) is 14.9. The Hall–Kier alpha value is -1.71. The second-order valence-electron chi connectivity index (χ2n) is 4.84. The number of aromatic nitrogens is 2. The lowest BCUT2D eigenvalue weighted by atomic mass is 10.3. The molecular formula is C12H15N5O2S2. The van der Waals surface area contributed by atoms with Crippen molar-refractivity contribution in [3.63, 3.8) is 0 Å². The van der Waals surface area contributed by atoms with Crippen LogP contribution in [-0.2, 0) is 10.0 Å². The van der Waals surface area contributed by atoms with E-state index in [0.717, 1.165) is 36.7 Å². The Labute approximate surface area is 127 Å². The molecule has 1 atom stereocenters. The monoisotopic (exact) mass is 325 g/mol. The molecule has 0 radical (unpaired) electrons. The van der Waals surface area contributed by atoms with Crippen LogP contribution in [0.5, 0.6) is 0 Å².